The van der Waals surface area contributed by atoms with Crippen LogP contribution >= 0.6 is 0 Å². The maximum atomic E-state index is 8.59. The van der Waals surface area contributed by atoms with E-state index in [2.05, 4.69) is 0 Å². The minimum atomic E-state index is -4.11. The molecule has 0 saturated heterocycles. The maximum Gasteiger partial charge on any atom is 0 e. The molecule has 26 valence electrons. The Balaban J connectivity index is -0.0000000450. The molecule has 0 aliphatic heterocycles. The first-order valence-corrected chi connectivity index (χ1v) is 3.35. The van der Waals surface area contributed by atoms with Crippen molar-refractivity contribution in [3.63, 3.8) is 0 Å². The molecule has 0 spiro atoms. The summed E-state index contributed by atoms with van der Waals surface area (Å²) in [5.41, 5.74) is 0. The van der Waals surface area contributed by atoms with Crippen LogP contribution < -0.4 is 0 Å². The van der Waals surface area contributed by atoms with Crippen LogP contribution in [0.15, 0.2) is 0 Å². The van der Waals surface area contributed by atoms with Crippen LogP contribution in [-0.4, -0.2) is 157 Å². The van der Waals surface area contributed by atoms with E-state index in [1.165, 1.54) is 0 Å². The Morgan fingerprint density at radius 2 is 0.833 bits per heavy atom. The Labute approximate surface area is 160 Å². The average Bonchev–Trinajstić information content (AvgIpc) is 0.811. The van der Waals surface area contributed by atoms with Gasteiger partial charge in [0.15, 0.2) is 0 Å². The third kappa shape index (κ3) is 23.9. The van der Waals surface area contributed by atoms with Crippen molar-refractivity contribution in [1.82, 2.24) is 0 Å². The summed E-state index contributed by atoms with van der Waals surface area (Å²) in [5.74, 6) is 0. The molecule has 0 aromatic heterocycles. The fraction of sp³-hybridized carbons (Fsp3) is 0. The zero-order valence-electron chi connectivity index (χ0n) is 3.63. The van der Waals surface area contributed by atoms with Crippen molar-refractivity contribution in [2.75, 3.05) is 0 Å². The summed E-state index contributed by atoms with van der Waals surface area (Å²) in [4.78, 5) is 0. The van der Waals surface area contributed by atoms with Crippen LogP contribution in [0.3, 0.4) is 0 Å². The molecule has 6 heavy (non-hydrogen) atoms. The molecule has 0 aliphatic carbocycles. The van der Waals surface area contributed by atoms with Gasteiger partial charge in [-0.25, -0.2) is 0 Å². The standard InChI is InChI=1S/2Cs.O3Te/c;;1-4(2)3. The largest absolute Gasteiger partial charge is 0 e. The summed E-state index contributed by atoms with van der Waals surface area (Å²) in [6, 6.07) is 0. The van der Waals surface area contributed by atoms with Crippen molar-refractivity contribution in [3.05, 3.63) is 0 Å². The number of hydrogen-bond donors (Lipinski definition) is 0. The van der Waals surface area contributed by atoms with Crippen molar-refractivity contribution >= 4 is 157 Å². The smallest absolute Gasteiger partial charge is 0 e. The van der Waals surface area contributed by atoms with Crippen LogP contribution in [0, 0.1) is 0 Å². The third-order valence-corrected chi connectivity index (χ3v) is 0. The van der Waals surface area contributed by atoms with Crippen molar-refractivity contribution < 1.29 is 9.31 Å². The van der Waals surface area contributed by atoms with E-state index in [1.54, 1.807) is 0 Å². The first kappa shape index (κ1) is 16.7. The van der Waals surface area contributed by atoms with Gasteiger partial charge in [0.25, 0.3) is 0 Å². The number of rotatable bonds is 0. The molecule has 0 heterocycles. The predicted molar refractivity (Wildman–Crippen MR) is 19.3 cm³/mol. The Hall–Kier alpha value is 4.29. The Bertz CT molecular complexity index is 78.2. The first-order valence-electron chi connectivity index (χ1n) is 0.500. The van der Waals surface area contributed by atoms with Crippen LogP contribution in [0.2, 0.25) is 0 Å². The van der Waals surface area contributed by atoms with Crippen LogP contribution in [0.1, 0.15) is 0 Å². The van der Waals surface area contributed by atoms with Gasteiger partial charge in [0, 0.05) is 138 Å². The molecule has 0 unspecified atom stereocenters. The fourth-order valence-electron chi connectivity index (χ4n) is 0. The molecule has 0 aromatic rings. The zero-order chi connectivity index (χ0) is 3.58. The summed E-state index contributed by atoms with van der Waals surface area (Å²) in [6.45, 7) is 0. The second-order valence-corrected chi connectivity index (χ2v) is 1.37. The molecule has 0 aliphatic rings. The average molecular weight is 441 g/mol. The van der Waals surface area contributed by atoms with Gasteiger partial charge < -0.3 is 0 Å². The summed E-state index contributed by atoms with van der Waals surface area (Å²) in [6.07, 6.45) is 0. The van der Waals surface area contributed by atoms with Crippen molar-refractivity contribution in [3.8, 4) is 0 Å². The minimum Gasteiger partial charge on any atom is 0 e. The Kier molecular flexibility index (Phi) is 33.5. The van der Waals surface area contributed by atoms with E-state index >= 15 is 0 Å². The molecule has 0 atom stereocenters. The zero-order valence-corrected chi connectivity index (χ0v) is 18.5. The van der Waals surface area contributed by atoms with Gasteiger partial charge in [-0.2, -0.15) is 0 Å². The normalized spacial score (nSPS) is 4.00. The SMILES string of the molecule is O=[Te](=O)=O.[Cs].[Cs]. The monoisotopic (exact) mass is 444 g/mol. The van der Waals surface area contributed by atoms with Gasteiger partial charge in [-0.05, 0) is 0 Å². The van der Waals surface area contributed by atoms with Gasteiger partial charge in [-0.1, -0.05) is 0 Å². The van der Waals surface area contributed by atoms with E-state index in [4.69, 9.17) is 9.31 Å². The molecule has 0 fully saturated rings. The topological polar surface area (TPSA) is 51.2 Å². The first-order chi connectivity index (χ1) is 1.73. The fourth-order valence-corrected chi connectivity index (χ4v) is 0. The van der Waals surface area contributed by atoms with Crippen molar-refractivity contribution in [2.45, 2.75) is 0 Å². The Morgan fingerprint density at radius 1 is 0.833 bits per heavy atom. The van der Waals surface area contributed by atoms with Gasteiger partial charge in [-0.15, -0.1) is 0 Å². The minimum absolute atomic E-state index is 0. The summed E-state index contributed by atoms with van der Waals surface area (Å²) >= 11 is -4.11. The van der Waals surface area contributed by atoms with Crippen LogP contribution in [0.4, 0.5) is 0 Å². The Morgan fingerprint density at radius 3 is 0.833 bits per heavy atom. The summed E-state index contributed by atoms with van der Waals surface area (Å²) in [5, 5.41) is 0. The van der Waals surface area contributed by atoms with Gasteiger partial charge in [0.05, 0.1) is 0 Å². The van der Waals surface area contributed by atoms with E-state index in [0.717, 1.165) is 0 Å². The van der Waals surface area contributed by atoms with Crippen molar-refractivity contribution in [2.24, 2.45) is 0 Å². The van der Waals surface area contributed by atoms with E-state index < -0.39 is 19.5 Å². The second-order valence-electron chi connectivity index (χ2n) is 0.204. The second kappa shape index (κ2) is 12.0. The molecule has 6 heteroatoms. The van der Waals surface area contributed by atoms with Crippen LogP contribution in [0.25, 0.3) is 0 Å². The van der Waals surface area contributed by atoms with Gasteiger partial charge in [0.2, 0.25) is 0 Å². The predicted octanol–water partition coefficient (Wildman–Crippen LogP) is -1.50. The molecule has 0 aromatic carbocycles. The molecule has 0 amide bonds. The summed E-state index contributed by atoms with van der Waals surface area (Å²) < 4.78 is 25.8. The summed E-state index contributed by atoms with van der Waals surface area (Å²) in [7, 11) is 0. The third-order valence-electron chi connectivity index (χ3n) is 0. The van der Waals surface area contributed by atoms with Crippen molar-refractivity contribution in [1.29, 1.82) is 0 Å². The molecule has 0 saturated carbocycles. The quantitative estimate of drug-likeness (QED) is 0.430. The number of hydrogen-bond acceptors (Lipinski definition) is 3. The van der Waals surface area contributed by atoms with Gasteiger partial charge >= 0.3 is 28.8 Å². The van der Waals surface area contributed by atoms with Crippen LogP contribution in [0.5, 0.6) is 0 Å². The molecular formula is Cs2O3Te. The molecule has 0 bridgehead atoms. The van der Waals surface area contributed by atoms with Gasteiger partial charge in [0.1, 0.15) is 0 Å². The molecule has 3 nitrogen and oxygen atoms in total. The molecule has 0 rings (SSSR count). The van der Waals surface area contributed by atoms with E-state index in [9.17, 15) is 0 Å². The van der Waals surface area contributed by atoms with E-state index in [-0.39, 0.29) is 138 Å². The maximum absolute atomic E-state index is 8.59. The molecule has 2 radical (unpaired) electrons. The van der Waals surface area contributed by atoms with Gasteiger partial charge in [-0.3, -0.25) is 0 Å². The van der Waals surface area contributed by atoms with Crippen LogP contribution in [-0.2, 0) is 9.31 Å². The van der Waals surface area contributed by atoms with E-state index in [0.29, 0.717) is 0 Å². The molecular weight excluding hydrogens is 441 g/mol. The molecule has 0 N–H and O–H groups in total. The van der Waals surface area contributed by atoms with E-state index in [1.807, 2.05) is 0 Å².